The summed E-state index contributed by atoms with van der Waals surface area (Å²) in [5, 5.41) is 9.07. The molecular formula is C13H25N3O. The van der Waals surface area contributed by atoms with E-state index in [1.807, 2.05) is 12.2 Å². The Kier molecular flexibility index (Phi) is 4.46. The van der Waals surface area contributed by atoms with Crippen LogP contribution in [0.3, 0.4) is 0 Å². The molecule has 0 aliphatic carbocycles. The van der Waals surface area contributed by atoms with E-state index in [2.05, 4.69) is 25.7 Å². The number of hydrogen-bond acceptors (Lipinski definition) is 4. The minimum atomic E-state index is -0.0323. The SMILES string of the molecule is CC(C)(C)/C(N)=C/C=C(\N)N1CCC(CO)C1. The zero-order valence-corrected chi connectivity index (χ0v) is 11.1. The van der Waals surface area contributed by atoms with Crippen LogP contribution in [-0.2, 0) is 0 Å². The van der Waals surface area contributed by atoms with E-state index in [1.165, 1.54) is 0 Å². The number of rotatable bonds is 3. The van der Waals surface area contributed by atoms with Crippen molar-refractivity contribution < 1.29 is 5.11 Å². The van der Waals surface area contributed by atoms with Crippen molar-refractivity contribution in [1.82, 2.24) is 4.90 Å². The molecular weight excluding hydrogens is 214 g/mol. The lowest BCUT2D eigenvalue weighted by molar-refractivity contribution is 0.228. The van der Waals surface area contributed by atoms with Crippen LogP contribution in [0.2, 0.25) is 0 Å². The summed E-state index contributed by atoms with van der Waals surface area (Å²) in [5.74, 6) is 1.08. The first-order valence-electron chi connectivity index (χ1n) is 6.14. The molecule has 0 aromatic carbocycles. The van der Waals surface area contributed by atoms with Gasteiger partial charge in [0.15, 0.2) is 0 Å². The zero-order chi connectivity index (χ0) is 13.1. The number of allylic oxidation sites excluding steroid dienone is 3. The van der Waals surface area contributed by atoms with Gasteiger partial charge in [0.25, 0.3) is 0 Å². The number of nitrogens with two attached hydrogens (primary N) is 2. The van der Waals surface area contributed by atoms with Gasteiger partial charge in [-0.05, 0) is 18.6 Å². The van der Waals surface area contributed by atoms with Crippen molar-refractivity contribution in [2.45, 2.75) is 27.2 Å². The molecule has 1 rings (SSSR count). The Morgan fingerprint density at radius 1 is 1.35 bits per heavy atom. The average Bonchev–Trinajstić information content (AvgIpc) is 2.72. The second-order valence-corrected chi connectivity index (χ2v) is 5.75. The van der Waals surface area contributed by atoms with Crippen LogP contribution in [0.15, 0.2) is 23.7 Å². The van der Waals surface area contributed by atoms with Crippen molar-refractivity contribution >= 4 is 0 Å². The van der Waals surface area contributed by atoms with Crippen LogP contribution in [0, 0.1) is 11.3 Å². The van der Waals surface area contributed by atoms with Gasteiger partial charge in [0.1, 0.15) is 0 Å². The molecule has 0 aromatic rings. The minimum Gasteiger partial charge on any atom is -0.402 e. The van der Waals surface area contributed by atoms with Crippen LogP contribution in [0.4, 0.5) is 0 Å². The summed E-state index contributed by atoms with van der Waals surface area (Å²) in [6.45, 7) is 8.20. The molecule has 1 aliphatic heterocycles. The van der Waals surface area contributed by atoms with Gasteiger partial charge in [-0.2, -0.15) is 0 Å². The van der Waals surface area contributed by atoms with Crippen LogP contribution < -0.4 is 11.5 Å². The van der Waals surface area contributed by atoms with Crippen molar-refractivity contribution in [1.29, 1.82) is 0 Å². The second kappa shape index (κ2) is 5.45. The Labute approximate surface area is 104 Å². The summed E-state index contributed by atoms with van der Waals surface area (Å²) in [6.07, 6.45) is 4.74. The third kappa shape index (κ3) is 3.97. The Morgan fingerprint density at radius 3 is 2.47 bits per heavy atom. The lowest BCUT2D eigenvalue weighted by Crippen LogP contribution is -2.26. The average molecular weight is 239 g/mol. The third-order valence-electron chi connectivity index (χ3n) is 3.21. The number of nitrogens with zero attached hydrogens (tertiary/aromatic N) is 1. The molecule has 0 saturated carbocycles. The third-order valence-corrected chi connectivity index (χ3v) is 3.21. The number of hydrogen-bond donors (Lipinski definition) is 3. The molecule has 98 valence electrons. The minimum absolute atomic E-state index is 0.0323. The first-order valence-corrected chi connectivity index (χ1v) is 6.14. The topological polar surface area (TPSA) is 75.5 Å². The van der Waals surface area contributed by atoms with E-state index in [4.69, 9.17) is 16.6 Å². The summed E-state index contributed by atoms with van der Waals surface area (Å²) in [4.78, 5) is 2.09. The Balaban J connectivity index is 2.62. The molecule has 5 N–H and O–H groups in total. The number of aliphatic hydroxyl groups is 1. The van der Waals surface area contributed by atoms with Crippen molar-refractivity contribution in [3.05, 3.63) is 23.7 Å². The smallest absolute Gasteiger partial charge is 0.0987 e. The van der Waals surface area contributed by atoms with Crippen LogP contribution in [0.5, 0.6) is 0 Å². The van der Waals surface area contributed by atoms with E-state index in [0.717, 1.165) is 31.0 Å². The highest BCUT2D eigenvalue weighted by molar-refractivity contribution is 5.18. The second-order valence-electron chi connectivity index (χ2n) is 5.75. The van der Waals surface area contributed by atoms with Gasteiger partial charge in [-0.3, -0.25) is 0 Å². The molecule has 1 saturated heterocycles. The summed E-state index contributed by atoms with van der Waals surface area (Å²) < 4.78 is 0. The van der Waals surface area contributed by atoms with E-state index in [0.29, 0.717) is 5.92 Å². The Bertz CT molecular complexity index is 315. The van der Waals surface area contributed by atoms with Crippen LogP contribution in [0.25, 0.3) is 0 Å². The summed E-state index contributed by atoms with van der Waals surface area (Å²) in [5.41, 5.74) is 12.7. The molecule has 0 aromatic heterocycles. The van der Waals surface area contributed by atoms with E-state index in [9.17, 15) is 0 Å². The van der Waals surface area contributed by atoms with Gasteiger partial charge in [-0.25, -0.2) is 0 Å². The van der Waals surface area contributed by atoms with Crippen molar-refractivity contribution in [2.75, 3.05) is 19.7 Å². The summed E-state index contributed by atoms with van der Waals surface area (Å²) in [7, 11) is 0. The van der Waals surface area contributed by atoms with E-state index in [-0.39, 0.29) is 12.0 Å². The van der Waals surface area contributed by atoms with Crippen LogP contribution in [0.1, 0.15) is 27.2 Å². The largest absolute Gasteiger partial charge is 0.402 e. The van der Waals surface area contributed by atoms with Gasteiger partial charge in [-0.1, -0.05) is 20.8 Å². The molecule has 1 fully saturated rings. The van der Waals surface area contributed by atoms with Crippen molar-refractivity contribution in [3.63, 3.8) is 0 Å². The van der Waals surface area contributed by atoms with Gasteiger partial charge in [0, 0.05) is 36.7 Å². The van der Waals surface area contributed by atoms with Gasteiger partial charge in [-0.15, -0.1) is 0 Å². The normalized spacial score (nSPS) is 23.3. The fourth-order valence-corrected chi connectivity index (χ4v) is 1.75. The predicted molar refractivity (Wildman–Crippen MR) is 70.8 cm³/mol. The quantitative estimate of drug-likeness (QED) is 0.642. The number of aliphatic hydroxyl groups excluding tert-OH is 1. The standard InChI is InChI=1S/C13H25N3O/c1-13(2,3)11(14)4-5-12(15)16-7-6-10(8-16)9-17/h4-5,10,17H,6-9,14-15H2,1-3H3/b11-4-,12-5+. The molecule has 0 radical (unpaired) electrons. The monoisotopic (exact) mass is 239 g/mol. The maximum atomic E-state index is 9.07. The van der Waals surface area contributed by atoms with Gasteiger partial charge < -0.3 is 21.5 Å². The first-order chi connectivity index (χ1) is 7.84. The molecule has 0 spiro atoms. The lowest BCUT2D eigenvalue weighted by Gasteiger charge is -2.20. The molecule has 4 nitrogen and oxygen atoms in total. The Morgan fingerprint density at radius 2 is 2.00 bits per heavy atom. The van der Waals surface area contributed by atoms with Crippen molar-refractivity contribution in [3.8, 4) is 0 Å². The van der Waals surface area contributed by atoms with Crippen LogP contribution >= 0.6 is 0 Å². The van der Waals surface area contributed by atoms with Gasteiger partial charge >= 0.3 is 0 Å². The molecule has 1 heterocycles. The fourth-order valence-electron chi connectivity index (χ4n) is 1.75. The zero-order valence-electron chi connectivity index (χ0n) is 11.1. The van der Waals surface area contributed by atoms with Gasteiger partial charge in [0.05, 0.1) is 5.82 Å². The maximum Gasteiger partial charge on any atom is 0.0987 e. The highest BCUT2D eigenvalue weighted by Gasteiger charge is 2.22. The fraction of sp³-hybridized carbons (Fsp3) is 0.692. The summed E-state index contributed by atoms with van der Waals surface area (Å²) in [6, 6.07) is 0. The van der Waals surface area contributed by atoms with Gasteiger partial charge in [0.2, 0.25) is 0 Å². The highest BCUT2D eigenvalue weighted by atomic mass is 16.3. The first kappa shape index (κ1) is 13.9. The van der Waals surface area contributed by atoms with Crippen molar-refractivity contribution in [2.24, 2.45) is 22.8 Å². The molecule has 17 heavy (non-hydrogen) atoms. The maximum absolute atomic E-state index is 9.07. The van der Waals surface area contributed by atoms with E-state index in [1.54, 1.807) is 0 Å². The highest BCUT2D eigenvalue weighted by Crippen LogP contribution is 2.21. The number of likely N-dealkylation sites (tertiary alicyclic amines) is 1. The lowest BCUT2D eigenvalue weighted by atomic mass is 9.92. The summed E-state index contributed by atoms with van der Waals surface area (Å²) >= 11 is 0. The van der Waals surface area contributed by atoms with Crippen LogP contribution in [-0.4, -0.2) is 29.7 Å². The van der Waals surface area contributed by atoms with E-state index < -0.39 is 0 Å². The van der Waals surface area contributed by atoms with E-state index >= 15 is 0 Å². The molecule has 0 amide bonds. The molecule has 4 heteroatoms. The molecule has 1 atom stereocenters. The molecule has 1 unspecified atom stereocenters. The molecule has 1 aliphatic rings. The Hall–Kier alpha value is -1.16. The predicted octanol–water partition coefficient (Wildman–Crippen LogP) is 0.989. The molecule has 0 bridgehead atoms.